The first kappa shape index (κ1) is 23.8. The van der Waals surface area contributed by atoms with Gasteiger partial charge in [0.15, 0.2) is 0 Å². The highest BCUT2D eigenvalue weighted by molar-refractivity contribution is 5.90. The monoisotopic (exact) mass is 458 g/mol. The van der Waals surface area contributed by atoms with Crippen molar-refractivity contribution in [1.29, 1.82) is 0 Å². The van der Waals surface area contributed by atoms with E-state index in [-0.39, 0.29) is 6.03 Å². The van der Waals surface area contributed by atoms with Crippen molar-refractivity contribution in [3.05, 3.63) is 89.7 Å². The van der Waals surface area contributed by atoms with Crippen molar-refractivity contribution in [3.63, 3.8) is 0 Å². The largest absolute Gasteiger partial charge is 0.489 e. The van der Waals surface area contributed by atoms with Gasteiger partial charge in [-0.05, 0) is 55.3 Å². The predicted molar refractivity (Wildman–Crippen MR) is 136 cm³/mol. The second-order valence-corrected chi connectivity index (χ2v) is 8.97. The van der Waals surface area contributed by atoms with Crippen LogP contribution in [0.2, 0.25) is 0 Å². The fraction of sp³-hybridized carbons (Fsp3) is 0.357. The van der Waals surface area contributed by atoms with Crippen LogP contribution in [0.1, 0.15) is 48.8 Å². The second-order valence-electron chi connectivity index (χ2n) is 8.97. The van der Waals surface area contributed by atoms with Gasteiger partial charge in [0.2, 0.25) is 0 Å². The number of aromatic nitrogens is 1. The molecular formula is C28H34N4O2. The molecule has 2 amide bonds. The van der Waals surface area contributed by atoms with Gasteiger partial charge in [0.25, 0.3) is 0 Å². The molecule has 34 heavy (non-hydrogen) atoms. The summed E-state index contributed by atoms with van der Waals surface area (Å²) in [6, 6.07) is 20.1. The summed E-state index contributed by atoms with van der Waals surface area (Å²) in [6.45, 7) is 1.75. The Kier molecular flexibility index (Phi) is 8.52. The molecule has 6 heteroatoms. The Balaban J connectivity index is 1.25. The lowest BCUT2D eigenvalue weighted by Gasteiger charge is -2.31. The maximum Gasteiger partial charge on any atom is 0.319 e. The van der Waals surface area contributed by atoms with Crippen molar-refractivity contribution in [2.24, 2.45) is 0 Å². The number of carbonyl (C=O) groups excluding carboxylic acids is 1. The number of nitrogens with zero attached hydrogens (tertiary/aromatic N) is 2. The van der Waals surface area contributed by atoms with Crippen LogP contribution in [0.5, 0.6) is 5.75 Å². The normalized spacial score (nSPS) is 14.1. The lowest BCUT2D eigenvalue weighted by atomic mass is 9.94. The van der Waals surface area contributed by atoms with Gasteiger partial charge < -0.3 is 15.4 Å². The number of hydrogen-bond donors (Lipinski definition) is 2. The minimum Gasteiger partial charge on any atom is -0.489 e. The van der Waals surface area contributed by atoms with Gasteiger partial charge in [0.1, 0.15) is 12.4 Å². The Hall–Kier alpha value is -3.38. The third-order valence-corrected chi connectivity index (χ3v) is 6.39. The Labute approximate surface area is 202 Å². The molecule has 3 aromatic rings. The number of hydrogen-bond acceptors (Lipinski definition) is 4. The summed E-state index contributed by atoms with van der Waals surface area (Å²) >= 11 is 0. The van der Waals surface area contributed by atoms with Gasteiger partial charge in [-0.3, -0.25) is 9.88 Å². The van der Waals surface area contributed by atoms with Crippen molar-refractivity contribution in [2.75, 3.05) is 12.4 Å². The lowest BCUT2D eigenvalue weighted by molar-refractivity contribution is 0.185. The third-order valence-electron chi connectivity index (χ3n) is 6.39. The van der Waals surface area contributed by atoms with E-state index >= 15 is 0 Å². The molecule has 0 aliphatic heterocycles. The molecule has 0 unspecified atom stereocenters. The number of anilines is 1. The van der Waals surface area contributed by atoms with Crippen molar-refractivity contribution >= 4 is 11.7 Å². The molecule has 2 aromatic carbocycles. The number of benzene rings is 2. The molecular weight excluding hydrogens is 424 g/mol. The Morgan fingerprint density at radius 1 is 1.00 bits per heavy atom. The summed E-state index contributed by atoms with van der Waals surface area (Å²) in [5.74, 6) is 0.785. The number of nitrogens with one attached hydrogen (secondary N) is 2. The van der Waals surface area contributed by atoms with Gasteiger partial charge in [-0.15, -0.1) is 0 Å². The van der Waals surface area contributed by atoms with Crippen LogP contribution >= 0.6 is 0 Å². The predicted octanol–water partition coefficient (Wildman–Crippen LogP) is 5.75. The highest BCUT2D eigenvalue weighted by Gasteiger charge is 2.19. The van der Waals surface area contributed by atoms with Crippen molar-refractivity contribution < 1.29 is 9.53 Å². The Morgan fingerprint density at radius 2 is 1.79 bits per heavy atom. The van der Waals surface area contributed by atoms with Gasteiger partial charge in [0, 0.05) is 42.8 Å². The summed E-state index contributed by atoms with van der Waals surface area (Å²) in [4.78, 5) is 19.1. The van der Waals surface area contributed by atoms with Crippen LogP contribution in [0.25, 0.3) is 0 Å². The standard InChI is InChI=1S/C28H34N4O2/c1-32(25-10-3-2-4-11-25)20-24-9-5-6-12-27(24)31-28(33)30-19-22-13-15-26(16-14-22)34-21-23-8-7-17-29-18-23/h5-9,12-18,25H,2-4,10-11,19-21H2,1H3,(H2,30,31,33). The molecule has 2 N–H and O–H groups in total. The van der Waals surface area contributed by atoms with Crippen LogP contribution in [0.4, 0.5) is 10.5 Å². The molecule has 0 bridgehead atoms. The van der Waals surface area contributed by atoms with E-state index in [1.807, 2.05) is 54.6 Å². The molecule has 178 valence electrons. The maximum atomic E-state index is 12.6. The van der Waals surface area contributed by atoms with E-state index in [9.17, 15) is 4.79 Å². The summed E-state index contributed by atoms with van der Waals surface area (Å²) in [5, 5.41) is 5.99. The van der Waals surface area contributed by atoms with Gasteiger partial charge in [-0.25, -0.2) is 4.79 Å². The van der Waals surface area contributed by atoms with E-state index in [1.54, 1.807) is 12.4 Å². The fourth-order valence-electron chi connectivity index (χ4n) is 4.40. The number of carbonyl (C=O) groups is 1. The topological polar surface area (TPSA) is 66.5 Å². The summed E-state index contributed by atoms with van der Waals surface area (Å²) in [5.41, 5.74) is 4.03. The third kappa shape index (κ3) is 7.06. The van der Waals surface area contributed by atoms with Crippen LogP contribution in [-0.4, -0.2) is 29.0 Å². The molecule has 1 aliphatic carbocycles. The first-order valence-corrected chi connectivity index (χ1v) is 12.1. The molecule has 0 saturated heterocycles. The molecule has 1 heterocycles. The van der Waals surface area contributed by atoms with Crippen molar-refractivity contribution in [2.45, 2.75) is 57.8 Å². The highest BCUT2D eigenvalue weighted by atomic mass is 16.5. The quantitative estimate of drug-likeness (QED) is 0.429. The van der Waals surface area contributed by atoms with Gasteiger partial charge in [-0.2, -0.15) is 0 Å². The number of para-hydroxylation sites is 1. The molecule has 0 atom stereocenters. The highest BCUT2D eigenvalue weighted by Crippen LogP contribution is 2.25. The van der Waals surface area contributed by atoms with Gasteiger partial charge in [0.05, 0.1) is 0 Å². The van der Waals surface area contributed by atoms with Crippen molar-refractivity contribution in [1.82, 2.24) is 15.2 Å². The SMILES string of the molecule is CN(Cc1ccccc1NC(=O)NCc1ccc(OCc2cccnc2)cc1)C1CCCCC1. The van der Waals surface area contributed by atoms with E-state index in [2.05, 4.69) is 33.6 Å². The van der Waals surface area contributed by atoms with E-state index in [4.69, 9.17) is 4.74 Å². The zero-order chi connectivity index (χ0) is 23.6. The molecule has 4 rings (SSSR count). The van der Waals surface area contributed by atoms with E-state index < -0.39 is 0 Å². The minimum atomic E-state index is -0.204. The van der Waals surface area contributed by atoms with Crippen LogP contribution in [0, 0.1) is 0 Å². The number of urea groups is 1. The smallest absolute Gasteiger partial charge is 0.319 e. The second kappa shape index (κ2) is 12.2. The van der Waals surface area contributed by atoms with E-state index in [0.29, 0.717) is 19.2 Å². The van der Waals surface area contributed by atoms with Gasteiger partial charge >= 0.3 is 6.03 Å². The average Bonchev–Trinajstić information content (AvgIpc) is 2.89. The van der Waals surface area contributed by atoms with Crippen LogP contribution in [-0.2, 0) is 19.7 Å². The van der Waals surface area contributed by atoms with E-state index in [0.717, 1.165) is 34.7 Å². The molecule has 0 spiro atoms. The van der Waals surface area contributed by atoms with Gasteiger partial charge in [-0.1, -0.05) is 55.7 Å². The van der Waals surface area contributed by atoms with E-state index in [1.165, 1.54) is 32.1 Å². The zero-order valence-corrected chi connectivity index (χ0v) is 19.9. The van der Waals surface area contributed by atoms with Crippen LogP contribution in [0.15, 0.2) is 73.1 Å². The molecule has 6 nitrogen and oxygen atoms in total. The molecule has 1 saturated carbocycles. The number of amides is 2. The summed E-state index contributed by atoms with van der Waals surface area (Å²) in [6.07, 6.45) is 10.0. The molecule has 1 aromatic heterocycles. The number of ether oxygens (including phenoxy) is 1. The Morgan fingerprint density at radius 3 is 2.56 bits per heavy atom. The number of rotatable bonds is 9. The molecule has 1 fully saturated rings. The first-order chi connectivity index (χ1) is 16.7. The Bertz CT molecular complexity index is 1030. The summed E-state index contributed by atoms with van der Waals surface area (Å²) < 4.78 is 5.80. The van der Waals surface area contributed by atoms with Crippen LogP contribution in [0.3, 0.4) is 0 Å². The lowest BCUT2D eigenvalue weighted by Crippen LogP contribution is -2.33. The fourth-order valence-corrected chi connectivity index (χ4v) is 4.40. The minimum absolute atomic E-state index is 0.204. The summed E-state index contributed by atoms with van der Waals surface area (Å²) in [7, 11) is 2.19. The molecule has 0 radical (unpaired) electrons. The molecule has 1 aliphatic rings. The maximum absolute atomic E-state index is 12.6. The number of pyridine rings is 1. The zero-order valence-electron chi connectivity index (χ0n) is 19.9. The van der Waals surface area contributed by atoms with Crippen molar-refractivity contribution in [3.8, 4) is 5.75 Å². The van der Waals surface area contributed by atoms with Crippen LogP contribution < -0.4 is 15.4 Å². The average molecular weight is 459 g/mol. The first-order valence-electron chi connectivity index (χ1n) is 12.1.